The molecular formula is C69H64BN3S. The lowest BCUT2D eigenvalue weighted by Crippen LogP contribution is -2.60. The summed E-state index contributed by atoms with van der Waals surface area (Å²) in [4.78, 5) is 5.28. The summed E-state index contributed by atoms with van der Waals surface area (Å²) in [5, 5.41) is 7.82. The first-order chi connectivity index (χ1) is 35.4. The summed E-state index contributed by atoms with van der Waals surface area (Å²) in [7, 11) is 0. The molecule has 0 spiro atoms. The average molecular weight is 978 g/mol. The first kappa shape index (κ1) is 45.5. The van der Waals surface area contributed by atoms with Crippen LogP contribution >= 0.6 is 11.3 Å². The number of para-hydroxylation sites is 1. The Hall–Kier alpha value is -7.08. The number of nitrogens with zero attached hydrogens (tertiary/aromatic N) is 3. The number of anilines is 5. The summed E-state index contributed by atoms with van der Waals surface area (Å²) in [5.74, 6) is 0. The Bertz CT molecular complexity index is 4120. The van der Waals surface area contributed by atoms with Gasteiger partial charge in [0.15, 0.2) is 0 Å². The van der Waals surface area contributed by atoms with E-state index in [1.807, 2.05) is 11.3 Å². The van der Waals surface area contributed by atoms with Crippen LogP contribution in [0.5, 0.6) is 0 Å². The molecule has 2 aliphatic heterocycles. The molecule has 14 rings (SSSR count). The molecule has 0 bridgehead atoms. The van der Waals surface area contributed by atoms with Gasteiger partial charge in [-0.2, -0.15) is 0 Å². The molecule has 3 aliphatic rings. The van der Waals surface area contributed by atoms with Crippen LogP contribution in [0.1, 0.15) is 110 Å². The molecule has 0 N–H and O–H groups in total. The number of aromatic nitrogens is 1. The Kier molecular flexibility index (Phi) is 9.53. The highest BCUT2D eigenvalue weighted by atomic mass is 32.1. The van der Waals surface area contributed by atoms with Crippen molar-refractivity contribution in [2.75, 3.05) is 9.71 Å². The van der Waals surface area contributed by atoms with Crippen LogP contribution in [0.3, 0.4) is 0 Å². The van der Waals surface area contributed by atoms with Crippen molar-refractivity contribution in [3.8, 4) is 16.8 Å². The van der Waals surface area contributed by atoms with Crippen molar-refractivity contribution >= 4 is 110 Å². The largest absolute Gasteiger partial charge is 0.376 e. The second-order valence-electron chi connectivity index (χ2n) is 25.3. The van der Waals surface area contributed by atoms with Gasteiger partial charge >= 0.3 is 6.85 Å². The molecule has 74 heavy (non-hydrogen) atoms. The maximum atomic E-state index is 2.78. The minimum atomic E-state index is -0.0983. The molecule has 1 aliphatic carbocycles. The van der Waals surface area contributed by atoms with E-state index in [0.29, 0.717) is 0 Å². The molecule has 0 unspecified atom stereocenters. The molecule has 9 aromatic carbocycles. The minimum Gasteiger partial charge on any atom is -0.376 e. The molecular weight excluding hydrogens is 914 g/mol. The molecule has 2 aromatic heterocycles. The molecule has 0 amide bonds. The zero-order chi connectivity index (χ0) is 51.0. The van der Waals surface area contributed by atoms with E-state index in [1.165, 1.54) is 126 Å². The van der Waals surface area contributed by atoms with Gasteiger partial charge in [0, 0.05) is 70.6 Å². The smallest absolute Gasteiger partial charge is 0.333 e. The lowest BCUT2D eigenvalue weighted by atomic mass is 9.43. The standard InChI is InChI=1S/C69H64BN3S/c1-41-35-53-54(69(10,11)34-33-68(53,8)9)39-57(41)73-56-32-31-48(71(46-27-23-44(24-28-46)66(2,3)4)47-29-25-45(26-30-47)67(5,6)7)38-52(56)63-62-50-19-14-15-22-60(50)74-61(62)40-59-64(63)70(73)55-21-16-20-49-51-36-42-17-12-13-18-43(42)37-58(51)72(59)65(49)55/h12-32,35-40H,33-34H2,1-11H3. The number of benzene rings is 9. The van der Waals surface area contributed by atoms with E-state index in [-0.39, 0.29) is 28.5 Å². The van der Waals surface area contributed by atoms with Gasteiger partial charge in [-0.15, -0.1) is 11.3 Å². The van der Waals surface area contributed by atoms with E-state index in [4.69, 9.17) is 0 Å². The van der Waals surface area contributed by atoms with Crippen LogP contribution in [0.15, 0.2) is 164 Å². The van der Waals surface area contributed by atoms with Crippen LogP contribution in [0, 0.1) is 6.92 Å². The lowest BCUT2D eigenvalue weighted by Gasteiger charge is -2.46. The van der Waals surface area contributed by atoms with E-state index < -0.39 is 0 Å². The quantitative estimate of drug-likeness (QED) is 0.163. The van der Waals surface area contributed by atoms with Crippen LogP contribution in [-0.4, -0.2) is 11.4 Å². The summed E-state index contributed by atoms with van der Waals surface area (Å²) < 4.78 is 5.29. The van der Waals surface area contributed by atoms with Gasteiger partial charge in [-0.1, -0.05) is 160 Å². The Balaban J connectivity index is 1.13. The van der Waals surface area contributed by atoms with Crippen molar-refractivity contribution < 1.29 is 0 Å². The molecule has 5 heteroatoms. The van der Waals surface area contributed by atoms with Crippen molar-refractivity contribution in [2.45, 2.75) is 111 Å². The van der Waals surface area contributed by atoms with Crippen molar-refractivity contribution in [3.05, 3.63) is 192 Å². The van der Waals surface area contributed by atoms with E-state index >= 15 is 0 Å². The van der Waals surface area contributed by atoms with Crippen LogP contribution in [0.25, 0.3) is 69.6 Å². The zero-order valence-corrected chi connectivity index (χ0v) is 45.6. The Morgan fingerprint density at radius 1 is 0.527 bits per heavy atom. The van der Waals surface area contributed by atoms with E-state index in [2.05, 4.69) is 254 Å². The summed E-state index contributed by atoms with van der Waals surface area (Å²) in [6.45, 7) is 26.0. The van der Waals surface area contributed by atoms with Gasteiger partial charge in [-0.25, -0.2) is 0 Å². The summed E-state index contributed by atoms with van der Waals surface area (Å²) in [5.41, 5.74) is 22.3. The highest BCUT2D eigenvalue weighted by molar-refractivity contribution is 7.26. The van der Waals surface area contributed by atoms with Crippen molar-refractivity contribution in [1.29, 1.82) is 0 Å². The fourth-order valence-corrected chi connectivity index (χ4v) is 14.6. The van der Waals surface area contributed by atoms with Crippen molar-refractivity contribution in [1.82, 2.24) is 4.57 Å². The second kappa shape index (κ2) is 15.5. The van der Waals surface area contributed by atoms with Crippen LogP contribution in [0.2, 0.25) is 0 Å². The topological polar surface area (TPSA) is 11.4 Å². The van der Waals surface area contributed by atoms with Crippen molar-refractivity contribution in [2.24, 2.45) is 0 Å². The summed E-state index contributed by atoms with van der Waals surface area (Å²) in [6.07, 6.45) is 2.34. The third-order valence-electron chi connectivity index (χ3n) is 17.6. The van der Waals surface area contributed by atoms with E-state index in [1.54, 1.807) is 0 Å². The van der Waals surface area contributed by atoms with Gasteiger partial charge in [-0.3, -0.25) is 0 Å². The van der Waals surface area contributed by atoms with Gasteiger partial charge in [0.2, 0.25) is 0 Å². The fraction of sp³-hybridized carbons (Fsp3) is 0.246. The van der Waals surface area contributed by atoms with Gasteiger partial charge in [-0.05, 0) is 169 Å². The minimum absolute atomic E-state index is 0.0345. The van der Waals surface area contributed by atoms with Gasteiger partial charge < -0.3 is 14.3 Å². The molecule has 0 atom stereocenters. The van der Waals surface area contributed by atoms with Crippen LogP contribution in [-0.2, 0) is 21.7 Å². The zero-order valence-electron chi connectivity index (χ0n) is 44.8. The third-order valence-corrected chi connectivity index (χ3v) is 18.7. The highest BCUT2D eigenvalue weighted by Crippen LogP contribution is 2.54. The number of hydrogen-bond donors (Lipinski definition) is 0. The Morgan fingerprint density at radius 2 is 1.12 bits per heavy atom. The first-order valence-electron chi connectivity index (χ1n) is 26.9. The molecule has 4 heterocycles. The molecule has 364 valence electrons. The van der Waals surface area contributed by atoms with Gasteiger partial charge in [0.1, 0.15) is 0 Å². The Morgan fingerprint density at radius 3 is 1.78 bits per heavy atom. The maximum absolute atomic E-state index is 2.78. The van der Waals surface area contributed by atoms with Gasteiger partial charge in [0.05, 0.1) is 11.0 Å². The van der Waals surface area contributed by atoms with Crippen LogP contribution < -0.4 is 20.6 Å². The number of fused-ring (bicyclic) bond motifs is 13. The molecule has 11 aromatic rings. The Labute approximate surface area is 441 Å². The molecule has 0 saturated carbocycles. The average Bonchev–Trinajstić information content (AvgIpc) is 3.91. The molecule has 3 nitrogen and oxygen atoms in total. The molecule has 0 saturated heterocycles. The molecule has 0 radical (unpaired) electrons. The maximum Gasteiger partial charge on any atom is 0.333 e. The summed E-state index contributed by atoms with van der Waals surface area (Å²) in [6, 6.07) is 63.9. The summed E-state index contributed by atoms with van der Waals surface area (Å²) >= 11 is 1.93. The highest BCUT2D eigenvalue weighted by Gasteiger charge is 2.47. The third kappa shape index (κ3) is 6.57. The SMILES string of the molecule is Cc1cc2c(cc1N1B3c4c(cc5sc6ccccc6c5c4-c4cc(N(c5ccc(C(C)(C)C)cc5)c5ccc(C(C)(C)C)cc5)ccc41)-n1c4cc5ccccc5cc4c4cccc3c41)C(C)(C)CCC2(C)C. The first-order valence-corrected chi connectivity index (χ1v) is 27.7. The predicted octanol–water partition coefficient (Wildman–Crippen LogP) is 18.3. The van der Waals surface area contributed by atoms with Crippen LogP contribution in [0.4, 0.5) is 28.4 Å². The number of rotatable bonds is 4. The number of hydrogen-bond acceptors (Lipinski definition) is 3. The second-order valence-corrected chi connectivity index (χ2v) is 26.4. The van der Waals surface area contributed by atoms with E-state index in [0.717, 1.165) is 23.5 Å². The fourth-order valence-electron chi connectivity index (χ4n) is 13.4. The monoisotopic (exact) mass is 977 g/mol. The van der Waals surface area contributed by atoms with Crippen molar-refractivity contribution in [3.63, 3.8) is 0 Å². The lowest BCUT2D eigenvalue weighted by molar-refractivity contribution is 0.332. The van der Waals surface area contributed by atoms with E-state index in [9.17, 15) is 0 Å². The van der Waals surface area contributed by atoms with Gasteiger partial charge in [0.25, 0.3) is 0 Å². The number of aryl methyl sites for hydroxylation is 1. The predicted molar refractivity (Wildman–Crippen MR) is 322 cm³/mol. The molecule has 0 fully saturated rings. The normalized spacial score (nSPS) is 15.6. The number of thiophene rings is 1.